The molecule has 1 fully saturated rings. The van der Waals surface area contributed by atoms with E-state index in [0.29, 0.717) is 18.4 Å². The molecule has 7 heteroatoms. The van der Waals surface area contributed by atoms with Crippen LogP contribution >= 0.6 is 23.2 Å². The predicted molar refractivity (Wildman–Crippen MR) is 80.7 cm³/mol. The van der Waals surface area contributed by atoms with Crippen LogP contribution in [0.15, 0.2) is 18.2 Å². The molecule has 21 heavy (non-hydrogen) atoms. The summed E-state index contributed by atoms with van der Waals surface area (Å²) < 4.78 is 49.7. The fourth-order valence-corrected chi connectivity index (χ4v) is 5.68. The molecular formula is C14H16Cl2F2O2S. The summed E-state index contributed by atoms with van der Waals surface area (Å²) in [4.78, 5) is 0. The summed E-state index contributed by atoms with van der Waals surface area (Å²) >= 11 is 12.1. The molecule has 1 atom stereocenters. The van der Waals surface area contributed by atoms with Crippen molar-refractivity contribution in [2.75, 3.05) is 23.3 Å². The molecule has 0 bridgehead atoms. The minimum Gasteiger partial charge on any atom is -0.229 e. The summed E-state index contributed by atoms with van der Waals surface area (Å²) in [5.74, 6) is -1.47. The summed E-state index contributed by atoms with van der Waals surface area (Å²) in [6, 6.07) is 3.66. The third-order valence-electron chi connectivity index (χ3n) is 4.17. The summed E-state index contributed by atoms with van der Waals surface area (Å²) in [6.45, 7) is 0. The highest BCUT2D eigenvalue weighted by Crippen LogP contribution is 2.41. The lowest BCUT2D eigenvalue weighted by atomic mass is 9.73. The molecule has 1 aliphatic rings. The summed E-state index contributed by atoms with van der Waals surface area (Å²) in [6.07, 6.45) is 0.836. The van der Waals surface area contributed by atoms with E-state index in [1.54, 1.807) is 0 Å². The maximum absolute atomic E-state index is 13.3. The van der Waals surface area contributed by atoms with Crippen molar-refractivity contribution in [3.8, 4) is 0 Å². The van der Waals surface area contributed by atoms with E-state index in [2.05, 4.69) is 0 Å². The molecule has 0 spiro atoms. The number of hydrogen-bond donors (Lipinski definition) is 0. The monoisotopic (exact) mass is 356 g/mol. The van der Waals surface area contributed by atoms with Crippen molar-refractivity contribution >= 4 is 33.0 Å². The van der Waals surface area contributed by atoms with Gasteiger partial charge in [-0.2, -0.15) is 0 Å². The summed E-state index contributed by atoms with van der Waals surface area (Å²) in [5, 5.41) is 0. The Morgan fingerprint density at radius 1 is 1.19 bits per heavy atom. The predicted octanol–water partition coefficient (Wildman–Crippen LogP) is 3.41. The van der Waals surface area contributed by atoms with Gasteiger partial charge in [0.25, 0.3) is 0 Å². The lowest BCUT2D eigenvalue weighted by Crippen LogP contribution is -2.37. The quantitative estimate of drug-likeness (QED) is 0.757. The van der Waals surface area contributed by atoms with E-state index in [1.807, 2.05) is 0 Å². The average molecular weight is 357 g/mol. The number of benzene rings is 1. The number of hydrogen-bond acceptors (Lipinski definition) is 2. The molecule has 0 aromatic heterocycles. The van der Waals surface area contributed by atoms with Crippen molar-refractivity contribution in [3.05, 3.63) is 35.4 Å². The van der Waals surface area contributed by atoms with Gasteiger partial charge in [0, 0.05) is 17.2 Å². The number of alkyl halides is 2. The number of halogens is 4. The smallest absolute Gasteiger partial charge is 0.159 e. The average Bonchev–Trinajstić information content (AvgIpc) is 2.81. The van der Waals surface area contributed by atoms with E-state index >= 15 is 0 Å². The molecule has 1 aromatic rings. The van der Waals surface area contributed by atoms with Crippen LogP contribution in [0.2, 0.25) is 0 Å². The van der Waals surface area contributed by atoms with Crippen LogP contribution in [0, 0.1) is 23.0 Å². The van der Waals surface area contributed by atoms with Gasteiger partial charge in [0.15, 0.2) is 21.5 Å². The first-order valence-electron chi connectivity index (χ1n) is 6.58. The lowest BCUT2D eigenvalue weighted by Gasteiger charge is -2.35. The van der Waals surface area contributed by atoms with Gasteiger partial charge in [-0.3, -0.25) is 0 Å². The maximum atomic E-state index is 13.3. The second-order valence-corrected chi connectivity index (χ2v) is 8.42. The van der Waals surface area contributed by atoms with Gasteiger partial charge in [0.1, 0.15) is 0 Å². The second-order valence-electron chi connectivity index (χ2n) is 5.65. The molecular weight excluding hydrogens is 341 g/mol. The molecule has 1 heterocycles. The van der Waals surface area contributed by atoms with E-state index in [9.17, 15) is 17.2 Å². The fourth-order valence-electron chi connectivity index (χ4n) is 2.83. The Hall–Kier alpha value is -0.390. The molecule has 0 saturated carbocycles. The zero-order chi connectivity index (χ0) is 15.7. The summed E-state index contributed by atoms with van der Waals surface area (Å²) in [7, 11) is -3.06. The van der Waals surface area contributed by atoms with Crippen molar-refractivity contribution < 1.29 is 17.2 Å². The van der Waals surface area contributed by atoms with Crippen LogP contribution in [-0.2, 0) is 16.3 Å². The van der Waals surface area contributed by atoms with Crippen LogP contribution in [0.25, 0.3) is 0 Å². The normalized spacial score (nSPS) is 21.6. The van der Waals surface area contributed by atoms with Crippen LogP contribution in [-0.4, -0.2) is 31.7 Å². The van der Waals surface area contributed by atoms with Gasteiger partial charge in [-0.25, -0.2) is 17.2 Å². The van der Waals surface area contributed by atoms with Crippen LogP contribution in [0.4, 0.5) is 8.78 Å². The van der Waals surface area contributed by atoms with E-state index in [4.69, 9.17) is 23.2 Å². The van der Waals surface area contributed by atoms with Crippen molar-refractivity contribution in [2.24, 2.45) is 11.3 Å². The Balaban J connectivity index is 2.27. The Kier molecular flexibility index (Phi) is 5.16. The zero-order valence-electron chi connectivity index (χ0n) is 11.3. The van der Waals surface area contributed by atoms with Gasteiger partial charge >= 0.3 is 0 Å². The molecule has 1 aliphatic heterocycles. The van der Waals surface area contributed by atoms with Crippen molar-refractivity contribution in [3.63, 3.8) is 0 Å². The van der Waals surface area contributed by atoms with E-state index in [-0.39, 0.29) is 29.2 Å². The molecule has 0 N–H and O–H groups in total. The van der Waals surface area contributed by atoms with Crippen LogP contribution in [0.5, 0.6) is 0 Å². The first-order chi connectivity index (χ1) is 9.82. The van der Waals surface area contributed by atoms with E-state index < -0.39 is 26.9 Å². The number of rotatable bonds is 5. The van der Waals surface area contributed by atoms with Gasteiger partial charge in [-0.15, -0.1) is 23.2 Å². The van der Waals surface area contributed by atoms with Crippen molar-refractivity contribution in [1.29, 1.82) is 0 Å². The van der Waals surface area contributed by atoms with Crippen LogP contribution in [0.1, 0.15) is 12.0 Å². The van der Waals surface area contributed by atoms with Crippen molar-refractivity contribution in [2.45, 2.75) is 12.8 Å². The molecule has 0 aliphatic carbocycles. The lowest BCUT2D eigenvalue weighted by molar-refractivity contribution is 0.244. The third-order valence-corrected chi connectivity index (χ3v) is 7.00. The van der Waals surface area contributed by atoms with E-state index in [1.165, 1.54) is 6.07 Å². The first-order valence-corrected chi connectivity index (χ1v) is 9.47. The topological polar surface area (TPSA) is 34.1 Å². The largest absolute Gasteiger partial charge is 0.229 e. The molecule has 118 valence electrons. The Morgan fingerprint density at radius 3 is 2.33 bits per heavy atom. The second kappa shape index (κ2) is 6.39. The number of sulfone groups is 1. The molecule has 2 rings (SSSR count). The molecule has 0 amide bonds. The first kappa shape index (κ1) is 17.0. The highest BCUT2D eigenvalue weighted by Gasteiger charge is 2.43. The molecule has 2 nitrogen and oxygen atoms in total. The van der Waals surface area contributed by atoms with Gasteiger partial charge in [-0.1, -0.05) is 6.07 Å². The van der Waals surface area contributed by atoms with Gasteiger partial charge < -0.3 is 0 Å². The molecule has 1 saturated heterocycles. The van der Waals surface area contributed by atoms with E-state index in [0.717, 1.165) is 12.1 Å². The summed E-state index contributed by atoms with van der Waals surface area (Å²) in [5.41, 5.74) is -0.0590. The standard InChI is InChI=1S/C14H16Cl2F2O2S/c15-8-14(9-16,11-3-4-21(19,20)7-11)6-10-1-2-12(17)13(18)5-10/h1-2,5,11H,3-4,6-9H2. The SMILES string of the molecule is O=S1(=O)CCC(C(CCl)(CCl)Cc2ccc(F)c(F)c2)C1. The minimum atomic E-state index is -3.06. The highest BCUT2D eigenvalue weighted by atomic mass is 35.5. The van der Waals surface area contributed by atoms with Gasteiger partial charge in [0.2, 0.25) is 0 Å². The van der Waals surface area contributed by atoms with Crippen molar-refractivity contribution in [1.82, 2.24) is 0 Å². The maximum Gasteiger partial charge on any atom is 0.159 e. The van der Waals surface area contributed by atoms with Gasteiger partial charge in [-0.05, 0) is 36.5 Å². The molecule has 1 aromatic carbocycles. The highest BCUT2D eigenvalue weighted by molar-refractivity contribution is 7.91. The zero-order valence-corrected chi connectivity index (χ0v) is 13.6. The van der Waals surface area contributed by atoms with Gasteiger partial charge in [0.05, 0.1) is 11.5 Å². The van der Waals surface area contributed by atoms with Crippen LogP contribution in [0.3, 0.4) is 0 Å². The third kappa shape index (κ3) is 3.69. The Labute approximate surface area is 133 Å². The Bertz CT molecular complexity index is 615. The minimum absolute atomic E-state index is 0.0517. The Morgan fingerprint density at radius 2 is 1.86 bits per heavy atom. The van der Waals surface area contributed by atoms with Crippen LogP contribution < -0.4 is 0 Å². The fraction of sp³-hybridized carbons (Fsp3) is 0.571. The molecule has 1 unspecified atom stereocenters. The molecule has 0 radical (unpaired) electrons.